The second-order valence-electron chi connectivity index (χ2n) is 16.9. The molecule has 1 aliphatic carbocycles. The van der Waals surface area contributed by atoms with Crippen LogP contribution < -0.4 is 16.2 Å². The molecule has 1 unspecified atom stereocenters. The molecule has 0 saturated carbocycles. The molecule has 2 aromatic rings. The van der Waals surface area contributed by atoms with Crippen LogP contribution in [0.5, 0.6) is 0 Å². The monoisotopic (exact) mass is 708 g/mol. The first-order valence-electron chi connectivity index (χ1n) is 18.6. The molecular weight excluding hydrogens is 646 g/mol. The van der Waals surface area contributed by atoms with E-state index in [-0.39, 0.29) is 22.1 Å². The number of nitrogens with zero attached hydrogens (tertiary/aromatic N) is 5. The number of hydrazone groups is 2. The molecule has 52 heavy (non-hydrogen) atoms. The summed E-state index contributed by atoms with van der Waals surface area (Å²) in [5, 5.41) is 11.3. The molecule has 280 valence electrons. The molecule has 3 N–H and O–H groups in total. The lowest BCUT2D eigenvalue weighted by atomic mass is 9.55. The number of allylic oxidation sites excluding steroid dienone is 2. The van der Waals surface area contributed by atoms with Crippen LogP contribution >= 0.6 is 0 Å². The second kappa shape index (κ2) is 15.4. The number of hydrogen-bond donors (Lipinski definition) is 2. The average Bonchev–Trinajstić information content (AvgIpc) is 3.05. The SMILES string of the molecule is C=CC1(/C=C(/N=C2CCC(CC(C)(C)CN(C)C)=NN2)C(=C)N)c2cccc(N3N=Cc4cc(C(C)(C)C)cc(F)c4C3=C)c2CCC1(C)C.CC. The lowest BCUT2D eigenvalue weighted by Gasteiger charge is -2.49. The van der Waals surface area contributed by atoms with E-state index in [0.717, 1.165) is 78.1 Å². The highest BCUT2D eigenvalue weighted by Crippen LogP contribution is 2.54. The Morgan fingerprint density at radius 3 is 2.38 bits per heavy atom. The van der Waals surface area contributed by atoms with E-state index in [2.05, 4.69) is 105 Å². The van der Waals surface area contributed by atoms with Gasteiger partial charge in [-0.1, -0.05) is 93.7 Å². The van der Waals surface area contributed by atoms with Gasteiger partial charge in [0.15, 0.2) is 0 Å². The molecule has 0 spiro atoms. The molecule has 1 atom stereocenters. The van der Waals surface area contributed by atoms with Crippen LogP contribution in [0.1, 0.15) is 116 Å². The minimum Gasteiger partial charge on any atom is -0.397 e. The molecule has 0 amide bonds. The quantitative estimate of drug-likeness (QED) is 0.201. The zero-order valence-corrected chi connectivity index (χ0v) is 33.7. The van der Waals surface area contributed by atoms with E-state index in [1.807, 2.05) is 38.1 Å². The minimum atomic E-state index is -0.650. The minimum absolute atomic E-state index is 0.115. The zero-order chi connectivity index (χ0) is 38.8. The Morgan fingerprint density at radius 1 is 1.12 bits per heavy atom. The number of halogens is 1. The topological polar surface area (TPSA) is 81.6 Å². The van der Waals surface area contributed by atoms with Gasteiger partial charge in [0.1, 0.15) is 11.7 Å². The Balaban J connectivity index is 0.00000297. The number of rotatable bonds is 9. The third-order valence-electron chi connectivity index (χ3n) is 10.5. The lowest BCUT2D eigenvalue weighted by Crippen LogP contribution is -2.44. The number of nitrogens with one attached hydrogen (secondary N) is 1. The molecule has 0 fully saturated rings. The summed E-state index contributed by atoms with van der Waals surface area (Å²) in [6.07, 6.45) is 10.0. The van der Waals surface area contributed by atoms with Gasteiger partial charge < -0.3 is 10.6 Å². The molecule has 0 bridgehead atoms. The van der Waals surface area contributed by atoms with Gasteiger partial charge >= 0.3 is 0 Å². The van der Waals surface area contributed by atoms with Crippen molar-refractivity contribution in [2.24, 2.45) is 31.8 Å². The van der Waals surface area contributed by atoms with Gasteiger partial charge in [-0.05, 0) is 97.0 Å². The largest absolute Gasteiger partial charge is 0.397 e. The summed E-state index contributed by atoms with van der Waals surface area (Å²) in [5.74, 6) is 0.464. The average molecular weight is 708 g/mol. The number of nitrogens with two attached hydrogens (primary N) is 1. The van der Waals surface area contributed by atoms with Crippen LogP contribution in [-0.4, -0.2) is 43.3 Å². The molecule has 8 heteroatoms. The molecule has 2 aromatic carbocycles. The number of benzene rings is 2. The highest BCUT2D eigenvalue weighted by atomic mass is 19.1. The van der Waals surface area contributed by atoms with E-state index < -0.39 is 5.41 Å². The van der Waals surface area contributed by atoms with Gasteiger partial charge in [-0.2, -0.15) is 10.2 Å². The van der Waals surface area contributed by atoms with Crippen LogP contribution in [0.2, 0.25) is 0 Å². The summed E-state index contributed by atoms with van der Waals surface area (Å²) in [7, 11) is 4.20. The van der Waals surface area contributed by atoms with Gasteiger partial charge in [-0.3, -0.25) is 5.43 Å². The summed E-state index contributed by atoms with van der Waals surface area (Å²) in [6, 6.07) is 9.85. The number of anilines is 1. The molecule has 0 aromatic heterocycles. The summed E-state index contributed by atoms with van der Waals surface area (Å²) in [6.45, 7) is 33.1. The van der Waals surface area contributed by atoms with Crippen molar-refractivity contribution in [3.63, 3.8) is 0 Å². The Kier molecular flexibility index (Phi) is 11.9. The second-order valence-corrected chi connectivity index (χ2v) is 16.9. The van der Waals surface area contributed by atoms with E-state index in [9.17, 15) is 0 Å². The number of amidine groups is 1. The smallest absolute Gasteiger partial charge is 0.133 e. The standard InChI is InChI=1S/C42H56FN7.C2H6/c1-13-42(24-35(27(2)44)46-37-18-17-31(47-48-37)23-40(7,8)26-49(11)12)33-15-14-16-36(32(33)19-20-41(42,9)10)50-28(3)38-29(25-45-50)21-30(22-34(38)43)39(4,5)6;1-2/h13-16,21-22,24-25H,1-3,17-20,23,26,44H2,4-12H3,(H,46,48);1-2H3/b35-24+;. The molecule has 5 rings (SSSR count). The van der Waals surface area contributed by atoms with Crippen molar-refractivity contribution < 1.29 is 4.39 Å². The third-order valence-corrected chi connectivity index (χ3v) is 10.5. The van der Waals surface area contributed by atoms with Gasteiger partial charge in [0.2, 0.25) is 0 Å². The van der Waals surface area contributed by atoms with Crippen LogP contribution in [0, 0.1) is 16.6 Å². The van der Waals surface area contributed by atoms with Crippen LogP contribution in [0.4, 0.5) is 10.1 Å². The molecule has 7 nitrogen and oxygen atoms in total. The lowest BCUT2D eigenvalue weighted by molar-refractivity contribution is 0.218. The maximum absolute atomic E-state index is 15.8. The fourth-order valence-corrected chi connectivity index (χ4v) is 7.87. The summed E-state index contributed by atoms with van der Waals surface area (Å²) in [4.78, 5) is 7.23. The molecule has 0 saturated heterocycles. The Bertz CT molecular complexity index is 1830. The number of hydrogen-bond acceptors (Lipinski definition) is 6. The number of fused-ring (bicyclic) bond motifs is 2. The fraction of sp³-hybridized carbons (Fsp3) is 0.477. The van der Waals surface area contributed by atoms with Gasteiger partial charge in [0.25, 0.3) is 0 Å². The molecule has 2 heterocycles. The van der Waals surface area contributed by atoms with Crippen molar-refractivity contribution in [1.82, 2.24) is 10.3 Å². The van der Waals surface area contributed by atoms with Crippen molar-refractivity contribution >= 4 is 29.1 Å². The van der Waals surface area contributed by atoms with Crippen LogP contribution in [0.3, 0.4) is 0 Å². The third kappa shape index (κ3) is 8.17. The first-order chi connectivity index (χ1) is 24.3. The van der Waals surface area contributed by atoms with E-state index in [1.165, 1.54) is 0 Å². The Labute approximate surface area is 313 Å². The van der Waals surface area contributed by atoms with Crippen LogP contribution in [-0.2, 0) is 17.3 Å². The maximum Gasteiger partial charge on any atom is 0.133 e. The first-order valence-corrected chi connectivity index (χ1v) is 18.6. The van der Waals surface area contributed by atoms with Crippen molar-refractivity contribution in [1.29, 1.82) is 0 Å². The fourth-order valence-electron chi connectivity index (χ4n) is 7.87. The van der Waals surface area contributed by atoms with E-state index >= 15 is 4.39 Å². The Morgan fingerprint density at radius 2 is 1.81 bits per heavy atom. The molecule has 0 radical (unpaired) electrons. The number of aliphatic imine (C=N–C) groups is 1. The Hall–Kier alpha value is -4.30. The van der Waals surface area contributed by atoms with Gasteiger partial charge in [-0.15, -0.1) is 6.58 Å². The normalized spacial score (nSPS) is 20.8. The van der Waals surface area contributed by atoms with Crippen molar-refractivity contribution in [3.8, 4) is 0 Å². The van der Waals surface area contributed by atoms with E-state index in [1.54, 1.807) is 17.3 Å². The predicted molar refractivity (Wildman–Crippen MR) is 222 cm³/mol. The van der Waals surface area contributed by atoms with E-state index in [4.69, 9.17) is 20.9 Å². The summed E-state index contributed by atoms with van der Waals surface area (Å²) in [5.41, 5.74) is 16.5. The summed E-state index contributed by atoms with van der Waals surface area (Å²) < 4.78 is 15.8. The van der Waals surface area contributed by atoms with Crippen molar-refractivity contribution in [2.45, 2.75) is 105 Å². The highest BCUT2D eigenvalue weighted by Gasteiger charge is 2.48. The van der Waals surface area contributed by atoms with Gasteiger partial charge in [0.05, 0.1) is 23.3 Å². The molecular formula is C44H62FN7. The zero-order valence-electron chi connectivity index (χ0n) is 33.7. The van der Waals surface area contributed by atoms with Crippen molar-refractivity contribution in [2.75, 3.05) is 25.6 Å². The van der Waals surface area contributed by atoms with Crippen LogP contribution in [0.15, 0.2) is 88.8 Å². The molecule has 2 aliphatic heterocycles. The van der Waals surface area contributed by atoms with E-state index in [0.29, 0.717) is 22.7 Å². The van der Waals surface area contributed by atoms with Gasteiger partial charge in [0, 0.05) is 40.9 Å². The van der Waals surface area contributed by atoms with Crippen LogP contribution in [0.25, 0.3) is 5.70 Å². The maximum atomic E-state index is 15.8. The predicted octanol–water partition coefficient (Wildman–Crippen LogP) is 9.84. The first kappa shape index (κ1) is 40.5. The molecule has 3 aliphatic rings. The van der Waals surface area contributed by atoms with Crippen molar-refractivity contribution in [3.05, 3.63) is 107 Å². The highest BCUT2D eigenvalue weighted by molar-refractivity contribution is 5.97. The summed E-state index contributed by atoms with van der Waals surface area (Å²) >= 11 is 0. The van der Waals surface area contributed by atoms with Gasteiger partial charge in [-0.25, -0.2) is 14.4 Å².